The highest BCUT2D eigenvalue weighted by atomic mass is 28.2. The molecule has 0 aromatic heterocycles. The fourth-order valence-corrected chi connectivity index (χ4v) is 3.90. The molecule has 0 aliphatic heterocycles. The Kier molecular flexibility index (Phi) is 17.3. The summed E-state index contributed by atoms with van der Waals surface area (Å²) in [6.45, 7) is 5.37. The van der Waals surface area contributed by atoms with Gasteiger partial charge in [0.05, 0.1) is 0 Å². The van der Waals surface area contributed by atoms with Crippen LogP contribution in [0.2, 0.25) is 6.04 Å². The maximum Gasteiger partial charge on any atom is 0.161 e. The molecule has 0 amide bonds. The molecule has 0 aromatic carbocycles. The fourth-order valence-electron chi connectivity index (χ4n) is 2.48. The third-order valence-corrected chi connectivity index (χ3v) is 5.11. The van der Waals surface area contributed by atoms with Crippen molar-refractivity contribution in [1.29, 1.82) is 0 Å². The van der Waals surface area contributed by atoms with Crippen LogP contribution in [0.4, 0.5) is 0 Å². The van der Waals surface area contributed by atoms with Crippen LogP contribution in [-0.2, 0) is 4.43 Å². The van der Waals surface area contributed by atoms with Gasteiger partial charge in [0.25, 0.3) is 0 Å². The van der Waals surface area contributed by atoms with Gasteiger partial charge in [0.15, 0.2) is 9.76 Å². The van der Waals surface area contributed by atoms with E-state index in [4.69, 9.17) is 10.2 Å². The van der Waals surface area contributed by atoms with E-state index in [2.05, 4.69) is 13.8 Å². The quantitative estimate of drug-likeness (QED) is 0.335. The lowest BCUT2D eigenvalue weighted by Crippen LogP contribution is -2.15. The number of hydrogen-bond donors (Lipinski definition) is 1. The smallest absolute Gasteiger partial charge is 0.161 e. The van der Waals surface area contributed by atoms with E-state index in [-0.39, 0.29) is 9.76 Å². The highest BCUT2D eigenvalue weighted by Crippen LogP contribution is 2.11. The molecule has 0 saturated carbocycles. The summed E-state index contributed by atoms with van der Waals surface area (Å²) in [5, 5.41) is 0. The second-order valence-electron chi connectivity index (χ2n) is 6.27. The Balaban J connectivity index is 2.92. The molecule has 0 bridgehead atoms. The molecule has 0 rings (SSSR count). The van der Waals surface area contributed by atoms with Crippen LogP contribution in [0.15, 0.2) is 0 Å². The van der Waals surface area contributed by atoms with Gasteiger partial charge in [-0.2, -0.15) is 0 Å². The van der Waals surface area contributed by atoms with Crippen LogP contribution in [0.25, 0.3) is 0 Å². The van der Waals surface area contributed by atoms with Crippen molar-refractivity contribution in [2.75, 3.05) is 6.61 Å². The summed E-state index contributed by atoms with van der Waals surface area (Å²) < 4.78 is 5.75. The van der Waals surface area contributed by atoms with E-state index in [1.165, 1.54) is 76.7 Å². The minimum absolute atomic E-state index is 0.270. The zero-order valence-electron chi connectivity index (χ0n) is 14.2. The molecule has 2 nitrogen and oxygen atoms in total. The third-order valence-electron chi connectivity index (χ3n) is 3.84. The minimum Gasteiger partial charge on any atom is -0.424 e. The molecule has 0 spiro atoms. The number of hydrogen-bond acceptors (Lipinski definition) is 2. The zero-order valence-corrected chi connectivity index (χ0v) is 15.6. The standard InChI is InChI=1S/C17H39NOSi/c1-3-4-5-6-7-8-9-10-11-12-13-15-19-20-16-14-17(2)18/h17H,3-16,18,20H2,1-2H3. The van der Waals surface area contributed by atoms with Crippen molar-refractivity contribution in [1.82, 2.24) is 0 Å². The topological polar surface area (TPSA) is 35.2 Å². The molecule has 0 heterocycles. The Labute approximate surface area is 130 Å². The second kappa shape index (κ2) is 17.2. The Hall–Kier alpha value is 0.137. The molecule has 2 N–H and O–H groups in total. The van der Waals surface area contributed by atoms with Crippen LogP contribution in [-0.4, -0.2) is 22.4 Å². The van der Waals surface area contributed by atoms with E-state index in [1.54, 1.807) is 0 Å². The summed E-state index contributed by atoms with van der Waals surface area (Å²) in [6, 6.07) is 1.60. The molecule has 0 aromatic rings. The van der Waals surface area contributed by atoms with Gasteiger partial charge < -0.3 is 10.2 Å². The number of unbranched alkanes of at least 4 members (excludes halogenated alkanes) is 10. The van der Waals surface area contributed by atoms with Gasteiger partial charge in [-0.3, -0.25) is 0 Å². The summed E-state index contributed by atoms with van der Waals surface area (Å²) in [7, 11) is -0.270. The Morgan fingerprint density at radius 1 is 0.850 bits per heavy atom. The molecular formula is C17H39NOSi. The van der Waals surface area contributed by atoms with Gasteiger partial charge in [0.2, 0.25) is 0 Å². The lowest BCUT2D eigenvalue weighted by atomic mass is 10.1. The Morgan fingerprint density at radius 3 is 1.85 bits per heavy atom. The molecule has 1 atom stereocenters. The summed E-state index contributed by atoms with van der Waals surface area (Å²) >= 11 is 0. The first-order valence-electron chi connectivity index (χ1n) is 9.10. The van der Waals surface area contributed by atoms with Crippen molar-refractivity contribution in [2.45, 2.75) is 103 Å². The summed E-state index contributed by atoms with van der Waals surface area (Å²) in [5.74, 6) is 0. The molecule has 0 radical (unpaired) electrons. The van der Waals surface area contributed by atoms with Gasteiger partial charge >= 0.3 is 0 Å². The molecule has 3 heteroatoms. The maximum atomic E-state index is 5.75. The van der Waals surface area contributed by atoms with Gasteiger partial charge in [-0.25, -0.2) is 0 Å². The molecule has 122 valence electrons. The first-order valence-corrected chi connectivity index (χ1v) is 10.7. The first kappa shape index (κ1) is 20.1. The van der Waals surface area contributed by atoms with E-state index in [0.717, 1.165) is 13.0 Å². The predicted molar refractivity (Wildman–Crippen MR) is 94.0 cm³/mol. The summed E-state index contributed by atoms with van der Waals surface area (Å²) in [6.07, 6.45) is 16.6. The average Bonchev–Trinajstić information content (AvgIpc) is 2.43. The van der Waals surface area contributed by atoms with E-state index in [9.17, 15) is 0 Å². The fraction of sp³-hybridized carbons (Fsp3) is 1.00. The van der Waals surface area contributed by atoms with Crippen LogP contribution in [0.5, 0.6) is 0 Å². The van der Waals surface area contributed by atoms with Crippen molar-refractivity contribution >= 4 is 9.76 Å². The molecule has 0 fully saturated rings. The lowest BCUT2D eigenvalue weighted by molar-refractivity contribution is 0.318. The highest BCUT2D eigenvalue weighted by Gasteiger charge is 1.96. The lowest BCUT2D eigenvalue weighted by Gasteiger charge is -2.06. The third kappa shape index (κ3) is 18.1. The van der Waals surface area contributed by atoms with Crippen molar-refractivity contribution in [3.63, 3.8) is 0 Å². The van der Waals surface area contributed by atoms with Crippen LogP contribution in [0.1, 0.15) is 90.9 Å². The Bertz CT molecular complexity index is 176. The van der Waals surface area contributed by atoms with E-state index in [0.29, 0.717) is 6.04 Å². The molecular weight excluding hydrogens is 262 g/mol. The minimum atomic E-state index is -0.270. The first-order chi connectivity index (χ1) is 9.77. The van der Waals surface area contributed by atoms with Crippen molar-refractivity contribution in [3.05, 3.63) is 0 Å². The van der Waals surface area contributed by atoms with E-state index in [1.807, 2.05) is 0 Å². The Morgan fingerprint density at radius 2 is 1.35 bits per heavy atom. The second-order valence-corrected chi connectivity index (χ2v) is 7.79. The normalized spacial score (nSPS) is 13.3. The summed E-state index contributed by atoms with van der Waals surface area (Å²) in [4.78, 5) is 0. The van der Waals surface area contributed by atoms with Gasteiger partial charge in [-0.05, 0) is 25.8 Å². The monoisotopic (exact) mass is 301 g/mol. The number of nitrogens with two attached hydrogens (primary N) is 1. The van der Waals surface area contributed by atoms with Crippen LogP contribution in [0.3, 0.4) is 0 Å². The van der Waals surface area contributed by atoms with Crippen molar-refractivity contribution < 1.29 is 4.43 Å². The van der Waals surface area contributed by atoms with E-state index >= 15 is 0 Å². The van der Waals surface area contributed by atoms with Crippen LogP contribution < -0.4 is 5.73 Å². The van der Waals surface area contributed by atoms with Gasteiger partial charge in [-0.1, -0.05) is 71.1 Å². The van der Waals surface area contributed by atoms with Crippen LogP contribution >= 0.6 is 0 Å². The largest absolute Gasteiger partial charge is 0.424 e. The van der Waals surface area contributed by atoms with Crippen molar-refractivity contribution in [3.8, 4) is 0 Å². The van der Waals surface area contributed by atoms with Gasteiger partial charge in [0, 0.05) is 12.6 Å². The predicted octanol–water partition coefficient (Wildman–Crippen LogP) is 4.55. The van der Waals surface area contributed by atoms with Gasteiger partial charge in [0.1, 0.15) is 0 Å². The van der Waals surface area contributed by atoms with Crippen LogP contribution in [0, 0.1) is 0 Å². The number of rotatable bonds is 16. The average molecular weight is 302 g/mol. The van der Waals surface area contributed by atoms with Crippen molar-refractivity contribution in [2.24, 2.45) is 5.73 Å². The summed E-state index contributed by atoms with van der Waals surface area (Å²) in [5.41, 5.74) is 5.71. The molecule has 0 aliphatic rings. The van der Waals surface area contributed by atoms with Gasteiger partial charge in [-0.15, -0.1) is 0 Å². The zero-order chi connectivity index (χ0) is 14.9. The SMILES string of the molecule is CCCCCCCCCCCCCO[SiH2]CCC(C)N. The van der Waals surface area contributed by atoms with E-state index < -0.39 is 0 Å². The highest BCUT2D eigenvalue weighted by molar-refractivity contribution is 6.26. The molecule has 1 unspecified atom stereocenters. The molecule has 0 saturated heterocycles. The molecule has 20 heavy (non-hydrogen) atoms. The maximum absolute atomic E-state index is 5.75. The molecule has 0 aliphatic carbocycles.